The zero-order chi connectivity index (χ0) is 29.7. The Bertz CT molecular complexity index is 568. The Kier molecular flexibility index (Phi) is 33.0. The molecular formula is C36H73NO4. The molecule has 0 spiro atoms. The fourth-order valence-electron chi connectivity index (χ4n) is 5.38. The Morgan fingerprint density at radius 2 is 1.07 bits per heavy atom. The molecule has 4 atom stereocenters. The van der Waals surface area contributed by atoms with E-state index in [2.05, 4.69) is 26.1 Å². The number of carbonyl (C=O) groups excluding carboxylic acids is 1. The molecule has 0 saturated carbocycles. The smallest absolute Gasteiger partial charge is 0.249 e. The molecule has 0 aromatic heterocycles. The fraction of sp³-hybridized carbons (Fsp3) is 0.917. The van der Waals surface area contributed by atoms with Gasteiger partial charge in [-0.05, 0) is 25.2 Å². The van der Waals surface area contributed by atoms with Gasteiger partial charge in [-0.1, -0.05) is 175 Å². The summed E-state index contributed by atoms with van der Waals surface area (Å²) in [6.07, 6.45) is 30.8. The molecule has 0 fully saturated rings. The largest absolute Gasteiger partial charge is 0.394 e. The number of allylic oxidation sites excluding steroid dienone is 1. The molecule has 41 heavy (non-hydrogen) atoms. The number of hydrogen-bond donors (Lipinski definition) is 4. The third-order valence-electron chi connectivity index (χ3n) is 8.27. The Morgan fingerprint density at radius 3 is 1.54 bits per heavy atom. The zero-order valence-corrected chi connectivity index (χ0v) is 26.9. The topological polar surface area (TPSA) is 89.8 Å². The van der Waals surface area contributed by atoms with Crippen molar-refractivity contribution in [3.63, 3.8) is 0 Å². The fourth-order valence-corrected chi connectivity index (χ4v) is 5.38. The number of unbranched alkanes of at least 4 members (excludes halogenated alkanes) is 18. The van der Waals surface area contributed by atoms with Crippen molar-refractivity contribution < 1.29 is 20.1 Å². The molecule has 0 aliphatic rings. The highest BCUT2D eigenvalue weighted by atomic mass is 16.3. The highest BCUT2D eigenvalue weighted by Crippen LogP contribution is 2.18. The number of amides is 1. The third kappa shape index (κ3) is 27.7. The van der Waals surface area contributed by atoms with Gasteiger partial charge in [0.25, 0.3) is 0 Å². The maximum Gasteiger partial charge on any atom is 0.249 e. The molecule has 246 valence electrons. The molecule has 0 radical (unpaired) electrons. The van der Waals surface area contributed by atoms with E-state index in [4.69, 9.17) is 0 Å². The van der Waals surface area contributed by atoms with Gasteiger partial charge in [-0.2, -0.15) is 0 Å². The van der Waals surface area contributed by atoms with E-state index in [1.54, 1.807) is 6.08 Å². The van der Waals surface area contributed by atoms with E-state index in [0.717, 1.165) is 38.0 Å². The quantitative estimate of drug-likeness (QED) is 0.0501. The Morgan fingerprint density at radius 1 is 0.659 bits per heavy atom. The normalized spacial score (nSPS) is 14.5. The van der Waals surface area contributed by atoms with Gasteiger partial charge in [0, 0.05) is 0 Å². The predicted octanol–water partition coefficient (Wildman–Crippen LogP) is 9.42. The van der Waals surface area contributed by atoms with E-state index < -0.39 is 24.2 Å². The van der Waals surface area contributed by atoms with E-state index >= 15 is 0 Å². The second-order valence-electron chi connectivity index (χ2n) is 12.4. The van der Waals surface area contributed by atoms with Crippen molar-refractivity contribution in [2.24, 2.45) is 5.92 Å². The second-order valence-corrected chi connectivity index (χ2v) is 12.4. The maximum atomic E-state index is 12.4. The molecule has 0 heterocycles. The number of aliphatic hydroxyl groups excluding tert-OH is 3. The summed E-state index contributed by atoms with van der Waals surface area (Å²) in [6.45, 7) is 6.47. The molecule has 0 aliphatic carbocycles. The van der Waals surface area contributed by atoms with Crippen LogP contribution in [0.1, 0.15) is 182 Å². The number of aliphatic hydroxyl groups is 3. The van der Waals surface area contributed by atoms with Crippen LogP contribution >= 0.6 is 0 Å². The van der Waals surface area contributed by atoms with Crippen LogP contribution in [0.2, 0.25) is 0 Å². The first kappa shape index (κ1) is 42.2. The zero-order valence-electron chi connectivity index (χ0n) is 26.9. The summed E-state index contributed by atoms with van der Waals surface area (Å²) in [5.74, 6) is 0.221. The summed E-state index contributed by atoms with van der Waals surface area (Å²) in [5.41, 5.74) is 0. The van der Waals surface area contributed by atoms with Crippen LogP contribution in [-0.2, 0) is 4.79 Å². The van der Waals surface area contributed by atoms with Crippen molar-refractivity contribution in [1.29, 1.82) is 0 Å². The Labute approximate surface area is 256 Å². The molecule has 0 bridgehead atoms. The van der Waals surface area contributed by atoms with Gasteiger partial charge in [-0.3, -0.25) is 4.79 Å². The van der Waals surface area contributed by atoms with E-state index in [1.807, 2.05) is 6.08 Å². The lowest BCUT2D eigenvalue weighted by Gasteiger charge is -2.21. The maximum absolute atomic E-state index is 12.4. The van der Waals surface area contributed by atoms with E-state index in [9.17, 15) is 20.1 Å². The minimum Gasteiger partial charge on any atom is -0.394 e. The lowest BCUT2D eigenvalue weighted by atomic mass is 9.96. The number of carbonyl (C=O) groups is 1. The first-order valence-corrected chi connectivity index (χ1v) is 17.4. The highest BCUT2D eigenvalue weighted by Gasteiger charge is 2.22. The van der Waals surface area contributed by atoms with Crippen molar-refractivity contribution in [2.45, 2.75) is 201 Å². The second kappa shape index (κ2) is 32.0. The average molecular weight is 584 g/mol. The van der Waals surface area contributed by atoms with Crippen molar-refractivity contribution >= 4 is 5.91 Å². The molecule has 5 nitrogen and oxygen atoms in total. The summed E-state index contributed by atoms with van der Waals surface area (Å²) < 4.78 is 0. The van der Waals surface area contributed by atoms with Gasteiger partial charge < -0.3 is 20.6 Å². The van der Waals surface area contributed by atoms with Crippen LogP contribution in [-0.4, -0.2) is 46.1 Å². The summed E-state index contributed by atoms with van der Waals surface area (Å²) >= 11 is 0. The lowest BCUT2D eigenvalue weighted by molar-refractivity contribution is -0.131. The molecule has 5 heteroatoms. The van der Waals surface area contributed by atoms with E-state index in [-0.39, 0.29) is 14.0 Å². The Balaban J connectivity index is 0. The third-order valence-corrected chi connectivity index (χ3v) is 8.27. The SMILES string of the molecule is C.CCCCCCCCCCCCCCC(O)C(=O)N[C@@H](CO)[C@H](O)/C=C/CCCC(C)CCCCCCCCC. The molecule has 0 aliphatic heterocycles. The molecule has 0 aromatic carbocycles. The van der Waals surface area contributed by atoms with Gasteiger partial charge >= 0.3 is 0 Å². The number of nitrogens with one attached hydrogen (secondary N) is 1. The van der Waals surface area contributed by atoms with Crippen LogP contribution in [0.25, 0.3) is 0 Å². The average Bonchev–Trinajstić information content (AvgIpc) is 2.95. The summed E-state index contributed by atoms with van der Waals surface area (Å²) in [7, 11) is 0. The van der Waals surface area contributed by atoms with Crippen LogP contribution in [0.4, 0.5) is 0 Å². The first-order valence-electron chi connectivity index (χ1n) is 17.4. The van der Waals surface area contributed by atoms with Crippen LogP contribution in [0.3, 0.4) is 0 Å². The minimum absolute atomic E-state index is 0. The molecule has 0 rings (SSSR count). The molecule has 1 amide bonds. The summed E-state index contributed by atoms with van der Waals surface area (Å²) in [4.78, 5) is 12.4. The molecule has 4 N–H and O–H groups in total. The Hall–Kier alpha value is -0.910. The number of hydrogen-bond acceptors (Lipinski definition) is 4. The van der Waals surface area contributed by atoms with Crippen molar-refractivity contribution in [1.82, 2.24) is 5.32 Å². The molecule has 2 unspecified atom stereocenters. The lowest BCUT2D eigenvalue weighted by Crippen LogP contribution is -2.48. The minimum atomic E-state index is -1.09. The monoisotopic (exact) mass is 584 g/mol. The standard InChI is InChI=1S/C35H69NO4.CH4/c1-4-6-8-10-12-13-14-15-16-18-20-24-29-34(39)35(40)36-32(30-37)33(38)28-25-21-23-27-31(3)26-22-19-17-11-9-7-5-2;/h25,28,31-34,37-39H,4-24,26-27,29-30H2,1-3H3,(H,36,40);1H4/b28-25+;/t31?,32-,33+,34?;/m0./s1. The van der Waals surface area contributed by atoms with Crippen LogP contribution in [0.5, 0.6) is 0 Å². The van der Waals surface area contributed by atoms with Crippen LogP contribution < -0.4 is 5.32 Å². The molecule has 0 aromatic rings. The first-order chi connectivity index (χ1) is 19.5. The van der Waals surface area contributed by atoms with Crippen LogP contribution in [0.15, 0.2) is 12.2 Å². The van der Waals surface area contributed by atoms with Gasteiger partial charge in [0.1, 0.15) is 6.10 Å². The van der Waals surface area contributed by atoms with Gasteiger partial charge in [-0.15, -0.1) is 0 Å². The predicted molar refractivity (Wildman–Crippen MR) is 178 cm³/mol. The van der Waals surface area contributed by atoms with Crippen molar-refractivity contribution in [3.8, 4) is 0 Å². The molecular weight excluding hydrogens is 510 g/mol. The summed E-state index contributed by atoms with van der Waals surface area (Å²) in [5, 5.41) is 32.9. The molecule has 0 saturated heterocycles. The highest BCUT2D eigenvalue weighted by molar-refractivity contribution is 5.80. The van der Waals surface area contributed by atoms with Gasteiger partial charge in [-0.25, -0.2) is 0 Å². The van der Waals surface area contributed by atoms with E-state index in [1.165, 1.54) is 116 Å². The number of rotatable bonds is 30. The van der Waals surface area contributed by atoms with Gasteiger partial charge in [0.2, 0.25) is 5.91 Å². The van der Waals surface area contributed by atoms with E-state index in [0.29, 0.717) is 6.42 Å². The van der Waals surface area contributed by atoms with Gasteiger partial charge in [0.15, 0.2) is 0 Å². The van der Waals surface area contributed by atoms with Crippen molar-refractivity contribution in [2.75, 3.05) is 6.61 Å². The summed E-state index contributed by atoms with van der Waals surface area (Å²) in [6, 6.07) is -0.795. The van der Waals surface area contributed by atoms with Crippen LogP contribution in [0, 0.1) is 5.92 Å². The van der Waals surface area contributed by atoms with Gasteiger partial charge in [0.05, 0.1) is 18.8 Å². The van der Waals surface area contributed by atoms with Crippen molar-refractivity contribution in [3.05, 3.63) is 12.2 Å².